The molecule has 1 aromatic rings. The van der Waals surface area contributed by atoms with E-state index in [9.17, 15) is 4.39 Å². The van der Waals surface area contributed by atoms with Crippen LogP contribution in [-0.4, -0.2) is 6.61 Å². The number of nitrogen functional groups attached to an aromatic ring is 1. The lowest BCUT2D eigenvalue weighted by Crippen LogP contribution is -1.99. The van der Waals surface area contributed by atoms with Gasteiger partial charge in [0.1, 0.15) is 5.82 Å². The van der Waals surface area contributed by atoms with Crippen LogP contribution in [0.3, 0.4) is 0 Å². The monoisotopic (exact) mass is 183 g/mol. The molecule has 0 bridgehead atoms. The average molecular weight is 183 g/mol. The molecular formula is C10H14FNO. The third-order valence-corrected chi connectivity index (χ3v) is 1.71. The highest BCUT2D eigenvalue weighted by Crippen LogP contribution is 2.14. The summed E-state index contributed by atoms with van der Waals surface area (Å²) in [5.41, 5.74) is 6.88. The van der Waals surface area contributed by atoms with Crippen molar-refractivity contribution in [2.45, 2.75) is 20.0 Å². The standard InChI is InChI=1S/C10H14FNO/c1-2-5-13-7-8-3-4-9(11)6-10(8)12/h3-4,6H,2,5,7,12H2,1H3. The van der Waals surface area contributed by atoms with E-state index >= 15 is 0 Å². The minimum atomic E-state index is -0.309. The van der Waals surface area contributed by atoms with Gasteiger partial charge in [0.05, 0.1) is 6.61 Å². The molecule has 72 valence electrons. The summed E-state index contributed by atoms with van der Waals surface area (Å²) < 4.78 is 17.9. The summed E-state index contributed by atoms with van der Waals surface area (Å²) >= 11 is 0. The minimum absolute atomic E-state index is 0.309. The number of rotatable bonds is 4. The molecule has 0 aromatic heterocycles. The summed E-state index contributed by atoms with van der Waals surface area (Å²) in [4.78, 5) is 0. The summed E-state index contributed by atoms with van der Waals surface area (Å²) in [6, 6.07) is 4.35. The number of nitrogens with two attached hydrogens (primary N) is 1. The van der Waals surface area contributed by atoms with Gasteiger partial charge in [-0.1, -0.05) is 13.0 Å². The molecule has 0 radical (unpaired) electrons. The number of ether oxygens (including phenoxy) is 1. The van der Waals surface area contributed by atoms with Gasteiger partial charge in [-0.3, -0.25) is 0 Å². The average Bonchev–Trinajstić information content (AvgIpc) is 2.09. The summed E-state index contributed by atoms with van der Waals surface area (Å²) in [7, 11) is 0. The third-order valence-electron chi connectivity index (χ3n) is 1.71. The van der Waals surface area contributed by atoms with Gasteiger partial charge >= 0.3 is 0 Å². The van der Waals surface area contributed by atoms with Crippen molar-refractivity contribution in [1.82, 2.24) is 0 Å². The van der Waals surface area contributed by atoms with Gasteiger partial charge < -0.3 is 10.5 Å². The molecular weight excluding hydrogens is 169 g/mol. The molecule has 0 aliphatic heterocycles. The van der Waals surface area contributed by atoms with Crippen LogP contribution in [0.1, 0.15) is 18.9 Å². The summed E-state index contributed by atoms with van der Waals surface area (Å²) in [6.45, 7) is 3.20. The Kier molecular flexibility index (Phi) is 3.71. The third kappa shape index (κ3) is 3.03. The van der Waals surface area contributed by atoms with Gasteiger partial charge in [0.2, 0.25) is 0 Å². The Labute approximate surface area is 77.5 Å². The molecule has 0 saturated heterocycles. The molecule has 0 atom stereocenters. The minimum Gasteiger partial charge on any atom is -0.398 e. The molecule has 0 spiro atoms. The van der Waals surface area contributed by atoms with Crippen molar-refractivity contribution in [3.63, 3.8) is 0 Å². The Balaban J connectivity index is 2.56. The molecule has 0 unspecified atom stereocenters. The van der Waals surface area contributed by atoms with E-state index in [0.29, 0.717) is 18.9 Å². The van der Waals surface area contributed by atoms with Crippen molar-refractivity contribution in [2.24, 2.45) is 0 Å². The normalized spacial score (nSPS) is 10.3. The first-order valence-electron chi connectivity index (χ1n) is 4.35. The zero-order valence-electron chi connectivity index (χ0n) is 7.72. The van der Waals surface area contributed by atoms with Crippen LogP contribution < -0.4 is 5.73 Å². The molecule has 0 amide bonds. The van der Waals surface area contributed by atoms with Crippen molar-refractivity contribution in [3.05, 3.63) is 29.6 Å². The molecule has 2 N–H and O–H groups in total. The van der Waals surface area contributed by atoms with Crippen molar-refractivity contribution in [3.8, 4) is 0 Å². The van der Waals surface area contributed by atoms with Gasteiger partial charge in [-0.25, -0.2) is 4.39 Å². The van der Waals surface area contributed by atoms with Crippen LogP contribution in [-0.2, 0) is 11.3 Å². The van der Waals surface area contributed by atoms with Gasteiger partial charge in [0.25, 0.3) is 0 Å². The molecule has 1 aromatic carbocycles. The first-order valence-corrected chi connectivity index (χ1v) is 4.35. The van der Waals surface area contributed by atoms with E-state index in [0.717, 1.165) is 12.0 Å². The Hall–Kier alpha value is -1.09. The zero-order chi connectivity index (χ0) is 9.68. The van der Waals surface area contributed by atoms with Crippen LogP contribution >= 0.6 is 0 Å². The lowest BCUT2D eigenvalue weighted by atomic mass is 10.2. The van der Waals surface area contributed by atoms with Crippen molar-refractivity contribution < 1.29 is 9.13 Å². The molecule has 3 heteroatoms. The molecule has 2 nitrogen and oxygen atoms in total. The quantitative estimate of drug-likeness (QED) is 0.574. The highest BCUT2D eigenvalue weighted by molar-refractivity contribution is 5.46. The number of anilines is 1. The predicted octanol–water partition coefficient (Wildman–Crippen LogP) is 2.33. The van der Waals surface area contributed by atoms with Crippen LogP contribution in [0.5, 0.6) is 0 Å². The van der Waals surface area contributed by atoms with Gasteiger partial charge in [0, 0.05) is 17.9 Å². The molecule has 0 fully saturated rings. The molecule has 13 heavy (non-hydrogen) atoms. The van der Waals surface area contributed by atoms with Crippen LogP contribution in [0.15, 0.2) is 18.2 Å². The number of hydrogen-bond donors (Lipinski definition) is 1. The fourth-order valence-corrected chi connectivity index (χ4v) is 1.02. The molecule has 0 aliphatic carbocycles. The summed E-state index contributed by atoms with van der Waals surface area (Å²) in [5, 5.41) is 0. The maximum Gasteiger partial charge on any atom is 0.125 e. The number of halogens is 1. The van der Waals surface area contributed by atoms with Crippen molar-refractivity contribution >= 4 is 5.69 Å². The fraction of sp³-hybridized carbons (Fsp3) is 0.400. The lowest BCUT2D eigenvalue weighted by molar-refractivity contribution is 0.122. The van der Waals surface area contributed by atoms with E-state index in [4.69, 9.17) is 10.5 Å². The molecule has 0 saturated carbocycles. The Bertz CT molecular complexity index is 276. The second kappa shape index (κ2) is 4.82. The maximum absolute atomic E-state index is 12.6. The Morgan fingerprint density at radius 2 is 2.23 bits per heavy atom. The largest absolute Gasteiger partial charge is 0.398 e. The van der Waals surface area contributed by atoms with Gasteiger partial charge in [0.15, 0.2) is 0 Å². The van der Waals surface area contributed by atoms with Crippen LogP contribution in [0.2, 0.25) is 0 Å². The van der Waals surface area contributed by atoms with Crippen LogP contribution in [0.4, 0.5) is 10.1 Å². The van der Waals surface area contributed by atoms with Crippen molar-refractivity contribution in [2.75, 3.05) is 12.3 Å². The summed E-state index contributed by atoms with van der Waals surface area (Å²) in [6.07, 6.45) is 0.973. The first kappa shape index (κ1) is 9.99. The second-order valence-corrected chi connectivity index (χ2v) is 2.90. The zero-order valence-corrected chi connectivity index (χ0v) is 7.72. The number of hydrogen-bond acceptors (Lipinski definition) is 2. The van der Waals surface area contributed by atoms with E-state index in [2.05, 4.69) is 0 Å². The molecule has 1 rings (SSSR count). The van der Waals surface area contributed by atoms with Gasteiger partial charge in [-0.05, 0) is 18.6 Å². The summed E-state index contributed by atoms with van der Waals surface area (Å²) in [5.74, 6) is -0.309. The Morgan fingerprint density at radius 1 is 1.46 bits per heavy atom. The van der Waals surface area contributed by atoms with E-state index in [-0.39, 0.29) is 5.82 Å². The first-order chi connectivity index (χ1) is 6.24. The molecule has 0 heterocycles. The lowest BCUT2D eigenvalue weighted by Gasteiger charge is -2.05. The van der Waals surface area contributed by atoms with E-state index in [1.807, 2.05) is 6.92 Å². The second-order valence-electron chi connectivity index (χ2n) is 2.90. The Morgan fingerprint density at radius 3 is 2.85 bits per heavy atom. The predicted molar refractivity (Wildman–Crippen MR) is 50.8 cm³/mol. The highest BCUT2D eigenvalue weighted by atomic mass is 19.1. The van der Waals surface area contributed by atoms with E-state index in [1.165, 1.54) is 12.1 Å². The van der Waals surface area contributed by atoms with Gasteiger partial charge in [-0.15, -0.1) is 0 Å². The van der Waals surface area contributed by atoms with Gasteiger partial charge in [-0.2, -0.15) is 0 Å². The maximum atomic E-state index is 12.6. The topological polar surface area (TPSA) is 35.2 Å². The van der Waals surface area contributed by atoms with Crippen LogP contribution in [0.25, 0.3) is 0 Å². The smallest absolute Gasteiger partial charge is 0.125 e. The molecule has 0 aliphatic rings. The van der Waals surface area contributed by atoms with Crippen molar-refractivity contribution in [1.29, 1.82) is 0 Å². The number of benzene rings is 1. The van der Waals surface area contributed by atoms with Crippen LogP contribution in [0, 0.1) is 5.82 Å². The SMILES string of the molecule is CCCOCc1ccc(F)cc1N. The van der Waals surface area contributed by atoms with E-state index < -0.39 is 0 Å². The van der Waals surface area contributed by atoms with E-state index in [1.54, 1.807) is 6.07 Å². The highest BCUT2D eigenvalue weighted by Gasteiger charge is 1.99. The fourth-order valence-electron chi connectivity index (χ4n) is 1.02.